The smallest absolute Gasteiger partial charge is 0.238 e. The van der Waals surface area contributed by atoms with E-state index >= 15 is 0 Å². The molecular weight excluding hydrogens is 398 g/mol. The standard InChI is InChI=1S/C22H23N5O2S/c1-4-18(21(28)23-15-11-7-9-13-17(15)29-3)30-22-24-20-19(25-26-22)14-10-6-8-12-16(14)27(20)5-2/h6-13,18H,4-5H2,1-3H3,(H,23,28)/t18-/m1/s1. The molecule has 0 unspecified atom stereocenters. The summed E-state index contributed by atoms with van der Waals surface area (Å²) in [6.45, 7) is 4.82. The van der Waals surface area contributed by atoms with Gasteiger partial charge in [-0.3, -0.25) is 4.79 Å². The van der Waals surface area contributed by atoms with E-state index in [-0.39, 0.29) is 11.2 Å². The van der Waals surface area contributed by atoms with Crippen molar-refractivity contribution in [3.8, 4) is 5.75 Å². The lowest BCUT2D eigenvalue weighted by Crippen LogP contribution is -2.25. The summed E-state index contributed by atoms with van der Waals surface area (Å²) in [6.07, 6.45) is 0.629. The van der Waals surface area contributed by atoms with Gasteiger partial charge >= 0.3 is 0 Å². The molecule has 0 saturated carbocycles. The maximum absolute atomic E-state index is 12.9. The molecule has 0 aliphatic carbocycles. The fraction of sp³-hybridized carbons (Fsp3) is 0.273. The van der Waals surface area contributed by atoms with Gasteiger partial charge in [-0.1, -0.05) is 49.0 Å². The highest BCUT2D eigenvalue weighted by Crippen LogP contribution is 2.30. The normalized spacial score (nSPS) is 12.2. The Hall–Kier alpha value is -3.13. The van der Waals surface area contributed by atoms with E-state index < -0.39 is 0 Å². The van der Waals surface area contributed by atoms with Gasteiger partial charge < -0.3 is 14.6 Å². The molecular formula is C22H23N5O2S. The highest BCUT2D eigenvalue weighted by Gasteiger charge is 2.22. The van der Waals surface area contributed by atoms with Gasteiger partial charge in [-0.25, -0.2) is 4.98 Å². The molecule has 0 fully saturated rings. The van der Waals surface area contributed by atoms with E-state index in [0.29, 0.717) is 23.0 Å². The third-order valence-electron chi connectivity index (χ3n) is 4.95. The first kappa shape index (κ1) is 20.2. The maximum Gasteiger partial charge on any atom is 0.238 e. The average molecular weight is 422 g/mol. The Morgan fingerprint density at radius 2 is 1.90 bits per heavy atom. The number of hydrogen-bond acceptors (Lipinski definition) is 6. The molecule has 154 valence electrons. The molecule has 0 spiro atoms. The maximum atomic E-state index is 12.9. The Kier molecular flexibility index (Phi) is 5.85. The average Bonchev–Trinajstić information content (AvgIpc) is 3.10. The zero-order valence-corrected chi connectivity index (χ0v) is 17.9. The third kappa shape index (κ3) is 3.70. The van der Waals surface area contributed by atoms with Crippen LogP contribution in [0.15, 0.2) is 53.7 Å². The molecule has 2 heterocycles. The Balaban J connectivity index is 1.61. The number of methoxy groups -OCH3 is 1. The first-order valence-electron chi connectivity index (χ1n) is 9.88. The van der Waals surface area contributed by atoms with Crippen LogP contribution in [0.2, 0.25) is 0 Å². The van der Waals surface area contributed by atoms with Gasteiger partial charge in [-0.05, 0) is 31.5 Å². The van der Waals surface area contributed by atoms with Crippen LogP contribution in [-0.2, 0) is 11.3 Å². The van der Waals surface area contributed by atoms with Crippen molar-refractivity contribution in [1.82, 2.24) is 19.7 Å². The predicted octanol–water partition coefficient (Wildman–Crippen LogP) is 4.52. The Morgan fingerprint density at radius 3 is 2.67 bits per heavy atom. The van der Waals surface area contributed by atoms with E-state index in [1.165, 1.54) is 11.8 Å². The van der Waals surface area contributed by atoms with Crippen LogP contribution < -0.4 is 10.1 Å². The van der Waals surface area contributed by atoms with E-state index in [1.54, 1.807) is 7.11 Å². The van der Waals surface area contributed by atoms with Crippen molar-refractivity contribution in [3.05, 3.63) is 48.5 Å². The second-order valence-corrected chi connectivity index (χ2v) is 7.90. The minimum atomic E-state index is -0.353. The van der Waals surface area contributed by atoms with Gasteiger partial charge in [0.15, 0.2) is 5.65 Å². The number of anilines is 1. The number of ether oxygens (including phenoxy) is 1. The van der Waals surface area contributed by atoms with Crippen molar-refractivity contribution in [3.63, 3.8) is 0 Å². The number of fused-ring (bicyclic) bond motifs is 3. The van der Waals surface area contributed by atoms with Crippen molar-refractivity contribution < 1.29 is 9.53 Å². The number of hydrogen-bond donors (Lipinski definition) is 1. The molecule has 1 N–H and O–H groups in total. The summed E-state index contributed by atoms with van der Waals surface area (Å²) in [6, 6.07) is 15.4. The van der Waals surface area contributed by atoms with Crippen molar-refractivity contribution >= 4 is 45.4 Å². The molecule has 0 aliphatic rings. The molecule has 1 atom stereocenters. The van der Waals surface area contributed by atoms with Crippen molar-refractivity contribution in [1.29, 1.82) is 0 Å². The summed E-state index contributed by atoms with van der Waals surface area (Å²) >= 11 is 1.32. The van der Waals surface area contributed by atoms with Gasteiger partial charge in [-0.2, -0.15) is 0 Å². The van der Waals surface area contributed by atoms with Crippen LogP contribution in [0.1, 0.15) is 20.3 Å². The van der Waals surface area contributed by atoms with Crippen molar-refractivity contribution in [2.75, 3.05) is 12.4 Å². The lowest BCUT2D eigenvalue weighted by molar-refractivity contribution is -0.115. The molecule has 30 heavy (non-hydrogen) atoms. The number of nitrogens with zero attached hydrogens (tertiary/aromatic N) is 4. The van der Waals surface area contributed by atoms with Gasteiger partial charge in [0, 0.05) is 11.9 Å². The number of para-hydroxylation sites is 3. The first-order chi connectivity index (χ1) is 14.7. The molecule has 2 aromatic carbocycles. The van der Waals surface area contributed by atoms with Crippen LogP contribution in [0.3, 0.4) is 0 Å². The minimum Gasteiger partial charge on any atom is -0.495 e. The fourth-order valence-corrected chi connectivity index (χ4v) is 4.28. The molecule has 8 heteroatoms. The van der Waals surface area contributed by atoms with Crippen LogP contribution in [-0.4, -0.2) is 38.0 Å². The fourth-order valence-electron chi connectivity index (χ4n) is 3.47. The number of amides is 1. The number of aryl methyl sites for hydroxylation is 1. The lowest BCUT2D eigenvalue weighted by Gasteiger charge is -2.15. The Labute approximate surface area is 178 Å². The van der Waals surface area contributed by atoms with Crippen molar-refractivity contribution in [2.24, 2.45) is 0 Å². The van der Waals surface area contributed by atoms with Crippen LogP contribution in [0.5, 0.6) is 5.75 Å². The summed E-state index contributed by atoms with van der Waals surface area (Å²) in [5.41, 5.74) is 3.30. The van der Waals surface area contributed by atoms with Gasteiger partial charge in [0.1, 0.15) is 11.3 Å². The highest BCUT2D eigenvalue weighted by molar-refractivity contribution is 8.00. The molecule has 2 aromatic heterocycles. The zero-order valence-electron chi connectivity index (χ0n) is 17.1. The molecule has 0 aliphatic heterocycles. The predicted molar refractivity (Wildman–Crippen MR) is 120 cm³/mol. The van der Waals surface area contributed by atoms with E-state index in [1.807, 2.05) is 49.4 Å². The zero-order chi connectivity index (χ0) is 21.1. The number of carbonyl (C=O) groups excluding carboxylic acids is 1. The summed E-state index contributed by atoms with van der Waals surface area (Å²) in [5.74, 6) is 0.504. The van der Waals surface area contributed by atoms with Gasteiger partial charge in [0.05, 0.1) is 23.6 Å². The summed E-state index contributed by atoms with van der Waals surface area (Å²) in [4.78, 5) is 17.6. The number of nitrogens with one attached hydrogen (secondary N) is 1. The largest absolute Gasteiger partial charge is 0.495 e. The quantitative estimate of drug-likeness (QED) is 0.442. The number of rotatable bonds is 7. The first-order valence-corrected chi connectivity index (χ1v) is 10.8. The lowest BCUT2D eigenvalue weighted by atomic mass is 10.2. The SMILES string of the molecule is CC[C@@H](Sc1nnc2c3ccccc3n(CC)c2n1)C(=O)Nc1ccccc1OC. The van der Waals surface area contributed by atoms with E-state index in [2.05, 4.69) is 33.1 Å². The second-order valence-electron chi connectivity index (χ2n) is 6.73. The van der Waals surface area contributed by atoms with Crippen LogP contribution in [0.4, 0.5) is 5.69 Å². The summed E-state index contributed by atoms with van der Waals surface area (Å²) in [5, 5.41) is 12.8. The van der Waals surface area contributed by atoms with Crippen LogP contribution >= 0.6 is 11.8 Å². The highest BCUT2D eigenvalue weighted by atomic mass is 32.2. The molecule has 0 saturated heterocycles. The number of benzene rings is 2. The van der Waals surface area contributed by atoms with Crippen molar-refractivity contribution in [2.45, 2.75) is 37.2 Å². The number of carbonyl (C=O) groups is 1. The Morgan fingerprint density at radius 1 is 1.13 bits per heavy atom. The van der Waals surface area contributed by atoms with Crippen LogP contribution in [0, 0.1) is 0 Å². The summed E-state index contributed by atoms with van der Waals surface area (Å²) < 4.78 is 7.45. The van der Waals surface area contributed by atoms with Gasteiger partial charge in [0.2, 0.25) is 11.1 Å². The van der Waals surface area contributed by atoms with Gasteiger partial charge in [-0.15, -0.1) is 10.2 Å². The van der Waals surface area contributed by atoms with Gasteiger partial charge in [0.25, 0.3) is 0 Å². The second kappa shape index (κ2) is 8.71. The molecule has 0 bridgehead atoms. The number of aromatic nitrogens is 4. The molecule has 7 nitrogen and oxygen atoms in total. The molecule has 4 aromatic rings. The minimum absolute atomic E-state index is 0.119. The molecule has 1 amide bonds. The van der Waals surface area contributed by atoms with E-state index in [9.17, 15) is 4.79 Å². The third-order valence-corrected chi connectivity index (χ3v) is 6.16. The van der Waals surface area contributed by atoms with Crippen LogP contribution in [0.25, 0.3) is 22.1 Å². The summed E-state index contributed by atoms with van der Waals surface area (Å²) in [7, 11) is 1.58. The molecule has 4 rings (SSSR count). The van der Waals surface area contributed by atoms with E-state index in [0.717, 1.165) is 28.6 Å². The molecule has 0 radical (unpaired) electrons. The number of thioether (sulfide) groups is 1. The van der Waals surface area contributed by atoms with E-state index in [4.69, 9.17) is 9.72 Å². The topological polar surface area (TPSA) is 81.9 Å². The Bertz CT molecular complexity index is 1210. The monoisotopic (exact) mass is 421 g/mol.